The SMILES string of the molecule is CC1C[C@@H](n2c(Nc3ccc(OC(F)(F)F)cc3)nc3cc(CCC(C)(C)O)ccc32)CC(C)(C)C1. The molecule has 0 amide bonds. The maximum Gasteiger partial charge on any atom is 0.573 e. The molecule has 1 aliphatic rings. The van der Waals surface area contributed by atoms with Crippen LogP contribution in [-0.4, -0.2) is 26.6 Å². The van der Waals surface area contributed by atoms with Crippen molar-refractivity contribution >= 4 is 22.7 Å². The fraction of sp³-hybridized carbons (Fsp3) is 0.536. The second-order valence-electron chi connectivity index (χ2n) is 11.7. The normalized spacial score (nSPS) is 20.5. The Bertz CT molecular complexity index is 1190. The van der Waals surface area contributed by atoms with Gasteiger partial charge in [-0.15, -0.1) is 13.2 Å². The molecule has 5 nitrogen and oxygen atoms in total. The van der Waals surface area contributed by atoms with E-state index in [9.17, 15) is 18.3 Å². The Kier molecular flexibility index (Phi) is 7.03. The van der Waals surface area contributed by atoms with Crippen LogP contribution in [0.3, 0.4) is 0 Å². The second-order valence-corrected chi connectivity index (χ2v) is 11.7. The average Bonchev–Trinajstić information content (AvgIpc) is 3.07. The van der Waals surface area contributed by atoms with Gasteiger partial charge >= 0.3 is 6.36 Å². The van der Waals surface area contributed by atoms with Crippen LogP contribution in [0.15, 0.2) is 42.5 Å². The number of aryl methyl sites for hydroxylation is 1. The van der Waals surface area contributed by atoms with Crippen LogP contribution in [0.1, 0.15) is 71.9 Å². The van der Waals surface area contributed by atoms with Crippen molar-refractivity contribution in [3.63, 3.8) is 0 Å². The molecule has 0 bridgehead atoms. The molecule has 8 heteroatoms. The zero-order valence-corrected chi connectivity index (χ0v) is 21.6. The standard InChI is InChI=1S/C28H36F3N3O2/c1-18-14-21(17-26(2,3)16-18)34-24-11-6-19(12-13-27(4,5)35)15-23(24)33-25(34)32-20-7-9-22(10-8-20)36-28(29,30)31/h6-11,15,18,21,35H,12-14,16-17H2,1-5H3,(H,32,33)/t18?,21-/m1/s1. The molecule has 2 N–H and O–H groups in total. The van der Waals surface area contributed by atoms with Gasteiger partial charge in [0.15, 0.2) is 0 Å². The fourth-order valence-corrected chi connectivity index (χ4v) is 5.57. The van der Waals surface area contributed by atoms with Gasteiger partial charge in [0, 0.05) is 11.7 Å². The number of aliphatic hydroxyl groups is 1. The molecule has 196 valence electrons. The number of benzene rings is 2. The highest BCUT2D eigenvalue weighted by molar-refractivity contribution is 5.81. The highest BCUT2D eigenvalue weighted by Crippen LogP contribution is 2.46. The van der Waals surface area contributed by atoms with Gasteiger partial charge in [0.2, 0.25) is 5.95 Å². The molecular formula is C28H36F3N3O2. The van der Waals surface area contributed by atoms with E-state index in [2.05, 4.69) is 53.6 Å². The van der Waals surface area contributed by atoms with Crippen molar-refractivity contribution in [2.45, 2.75) is 84.7 Å². The number of fused-ring (bicyclic) bond motifs is 1. The predicted octanol–water partition coefficient (Wildman–Crippen LogP) is 7.77. The lowest BCUT2D eigenvalue weighted by Crippen LogP contribution is -2.29. The van der Waals surface area contributed by atoms with Crippen molar-refractivity contribution in [1.29, 1.82) is 0 Å². The van der Waals surface area contributed by atoms with Gasteiger partial charge in [-0.2, -0.15) is 0 Å². The van der Waals surface area contributed by atoms with E-state index in [4.69, 9.17) is 4.98 Å². The fourth-order valence-electron chi connectivity index (χ4n) is 5.57. The van der Waals surface area contributed by atoms with E-state index in [0.717, 1.165) is 35.9 Å². The lowest BCUT2D eigenvalue weighted by molar-refractivity contribution is -0.274. The number of hydrogen-bond acceptors (Lipinski definition) is 4. The third-order valence-electron chi connectivity index (χ3n) is 6.85. The van der Waals surface area contributed by atoms with Crippen LogP contribution in [0, 0.1) is 11.3 Å². The Hall–Kier alpha value is -2.74. The van der Waals surface area contributed by atoms with Crippen molar-refractivity contribution in [2.24, 2.45) is 11.3 Å². The van der Waals surface area contributed by atoms with Gasteiger partial charge < -0.3 is 19.7 Å². The number of ether oxygens (including phenoxy) is 1. The smallest absolute Gasteiger partial charge is 0.406 e. The van der Waals surface area contributed by atoms with Crippen molar-refractivity contribution in [1.82, 2.24) is 9.55 Å². The highest BCUT2D eigenvalue weighted by Gasteiger charge is 2.35. The Morgan fingerprint density at radius 1 is 1.11 bits per heavy atom. The number of rotatable bonds is 7. The Labute approximate surface area is 210 Å². The van der Waals surface area contributed by atoms with Crippen LogP contribution in [-0.2, 0) is 6.42 Å². The largest absolute Gasteiger partial charge is 0.573 e. The summed E-state index contributed by atoms with van der Waals surface area (Å²) < 4.78 is 43.9. The molecule has 1 aromatic heterocycles. The number of anilines is 2. The molecule has 2 aromatic carbocycles. The summed E-state index contributed by atoms with van der Waals surface area (Å²) in [6, 6.07) is 12.2. The van der Waals surface area contributed by atoms with Gasteiger partial charge in [0.1, 0.15) is 5.75 Å². The third kappa shape index (κ3) is 6.72. The van der Waals surface area contributed by atoms with E-state index < -0.39 is 12.0 Å². The summed E-state index contributed by atoms with van der Waals surface area (Å²) in [5.41, 5.74) is 3.07. The number of aromatic nitrogens is 2. The van der Waals surface area contributed by atoms with Crippen molar-refractivity contribution in [2.75, 3.05) is 5.32 Å². The molecule has 4 rings (SSSR count). The number of nitrogens with zero attached hydrogens (tertiary/aromatic N) is 2. The Morgan fingerprint density at radius 3 is 2.42 bits per heavy atom. The maximum atomic E-state index is 12.5. The zero-order valence-electron chi connectivity index (χ0n) is 21.6. The van der Waals surface area contributed by atoms with Crippen LogP contribution in [0.5, 0.6) is 5.75 Å². The van der Waals surface area contributed by atoms with E-state index in [1.54, 1.807) is 26.0 Å². The summed E-state index contributed by atoms with van der Waals surface area (Å²) in [6.07, 6.45) is -0.135. The molecule has 0 radical (unpaired) electrons. The van der Waals surface area contributed by atoms with Gasteiger partial charge in [-0.1, -0.05) is 26.8 Å². The lowest BCUT2D eigenvalue weighted by Gasteiger charge is -2.40. The van der Waals surface area contributed by atoms with Crippen molar-refractivity contribution < 1.29 is 23.0 Å². The quantitative estimate of drug-likeness (QED) is 0.346. The van der Waals surface area contributed by atoms with Crippen molar-refractivity contribution in [3.8, 4) is 5.75 Å². The molecule has 1 fully saturated rings. The third-order valence-corrected chi connectivity index (χ3v) is 6.85. The van der Waals surface area contributed by atoms with Gasteiger partial charge in [0.05, 0.1) is 16.6 Å². The van der Waals surface area contributed by atoms with Gasteiger partial charge in [-0.25, -0.2) is 4.98 Å². The first-order valence-corrected chi connectivity index (χ1v) is 12.5. The summed E-state index contributed by atoms with van der Waals surface area (Å²) in [5, 5.41) is 13.5. The van der Waals surface area contributed by atoms with Crippen LogP contribution in [0.2, 0.25) is 0 Å². The lowest BCUT2D eigenvalue weighted by atomic mass is 9.70. The topological polar surface area (TPSA) is 59.3 Å². The molecule has 0 saturated heterocycles. The van der Waals surface area contributed by atoms with Gasteiger partial charge in [-0.05, 0) is 99.2 Å². The van der Waals surface area contributed by atoms with Gasteiger partial charge in [0.25, 0.3) is 0 Å². The van der Waals surface area contributed by atoms with E-state index in [0.29, 0.717) is 24.0 Å². The minimum absolute atomic E-state index is 0.194. The number of nitrogens with one attached hydrogen (secondary N) is 1. The second kappa shape index (κ2) is 9.61. The first-order chi connectivity index (χ1) is 16.7. The molecule has 1 aliphatic carbocycles. The van der Waals surface area contributed by atoms with E-state index in [1.807, 2.05) is 0 Å². The van der Waals surface area contributed by atoms with Crippen LogP contribution in [0.25, 0.3) is 11.0 Å². The van der Waals surface area contributed by atoms with Crippen LogP contribution in [0.4, 0.5) is 24.8 Å². The van der Waals surface area contributed by atoms with E-state index >= 15 is 0 Å². The first kappa shape index (κ1) is 26.3. The van der Waals surface area contributed by atoms with Crippen LogP contribution < -0.4 is 10.1 Å². The van der Waals surface area contributed by atoms with E-state index in [1.165, 1.54) is 18.6 Å². The molecule has 1 heterocycles. The number of halogens is 3. The average molecular weight is 504 g/mol. The summed E-state index contributed by atoms with van der Waals surface area (Å²) >= 11 is 0. The minimum Gasteiger partial charge on any atom is -0.406 e. The molecular weight excluding hydrogens is 467 g/mol. The molecule has 2 atom stereocenters. The summed E-state index contributed by atoms with van der Waals surface area (Å²) in [7, 11) is 0. The zero-order chi connectivity index (χ0) is 26.3. The molecule has 1 saturated carbocycles. The minimum atomic E-state index is -4.73. The molecule has 0 aliphatic heterocycles. The van der Waals surface area contributed by atoms with Crippen molar-refractivity contribution in [3.05, 3.63) is 48.0 Å². The molecule has 36 heavy (non-hydrogen) atoms. The molecule has 3 aromatic rings. The monoisotopic (exact) mass is 503 g/mol. The predicted molar refractivity (Wildman–Crippen MR) is 137 cm³/mol. The molecule has 1 unspecified atom stereocenters. The number of imidazole rings is 1. The summed E-state index contributed by atoms with van der Waals surface area (Å²) in [6.45, 7) is 10.5. The highest BCUT2D eigenvalue weighted by atomic mass is 19.4. The number of alkyl halides is 3. The Balaban J connectivity index is 1.69. The first-order valence-electron chi connectivity index (χ1n) is 12.5. The molecule has 0 spiro atoms. The van der Waals surface area contributed by atoms with Crippen LogP contribution >= 0.6 is 0 Å². The number of hydrogen-bond donors (Lipinski definition) is 2. The maximum absolute atomic E-state index is 12.5. The van der Waals surface area contributed by atoms with Gasteiger partial charge in [-0.3, -0.25) is 0 Å². The Morgan fingerprint density at radius 2 is 1.81 bits per heavy atom. The summed E-state index contributed by atoms with van der Waals surface area (Å²) in [5.74, 6) is 0.971. The van der Waals surface area contributed by atoms with E-state index in [-0.39, 0.29) is 17.2 Å². The summed E-state index contributed by atoms with van der Waals surface area (Å²) in [4.78, 5) is 4.92.